The molecule has 0 fully saturated rings. The van der Waals surface area contributed by atoms with Gasteiger partial charge in [-0.05, 0) is 42.0 Å². The minimum Gasteiger partial charge on any atom is -0.492 e. The Bertz CT molecular complexity index is 873. The molecule has 0 spiro atoms. The molecule has 1 N–H and O–H groups in total. The van der Waals surface area contributed by atoms with E-state index >= 15 is 0 Å². The van der Waals surface area contributed by atoms with Crippen molar-refractivity contribution in [1.29, 1.82) is 0 Å². The topological polar surface area (TPSA) is 51.2 Å². The molecular formula is C21H19FN2O2S. The fraction of sp³-hybridized carbons (Fsp3) is 0.143. The second kappa shape index (κ2) is 9.73. The molecule has 0 aliphatic rings. The lowest BCUT2D eigenvalue weighted by molar-refractivity contribution is 0.0943. The van der Waals surface area contributed by atoms with Crippen molar-refractivity contribution in [1.82, 2.24) is 10.3 Å². The summed E-state index contributed by atoms with van der Waals surface area (Å²) in [6, 6.07) is 19.2. The smallest absolute Gasteiger partial charge is 0.254 e. The molecular weight excluding hydrogens is 363 g/mol. The number of ether oxygens (including phenoxy) is 1. The van der Waals surface area contributed by atoms with Crippen molar-refractivity contribution in [3.63, 3.8) is 0 Å². The van der Waals surface area contributed by atoms with E-state index in [1.54, 1.807) is 30.5 Å². The molecule has 0 unspecified atom stereocenters. The number of pyridine rings is 1. The summed E-state index contributed by atoms with van der Waals surface area (Å²) in [5, 5.41) is 3.49. The summed E-state index contributed by atoms with van der Waals surface area (Å²) in [7, 11) is 0. The number of thioether (sulfide) groups is 1. The van der Waals surface area contributed by atoms with Gasteiger partial charge in [-0.2, -0.15) is 0 Å². The normalized spacial score (nSPS) is 10.4. The maximum atomic E-state index is 13.0. The minimum absolute atomic E-state index is 0.193. The van der Waals surface area contributed by atoms with Gasteiger partial charge < -0.3 is 10.1 Å². The van der Waals surface area contributed by atoms with Crippen LogP contribution < -0.4 is 10.1 Å². The summed E-state index contributed by atoms with van der Waals surface area (Å²) < 4.78 is 18.6. The maximum absolute atomic E-state index is 13.0. The molecule has 3 rings (SSSR count). The first-order chi connectivity index (χ1) is 13.2. The molecule has 0 saturated carbocycles. The van der Waals surface area contributed by atoms with Gasteiger partial charge in [0.2, 0.25) is 0 Å². The first-order valence-electron chi connectivity index (χ1n) is 8.51. The highest BCUT2D eigenvalue weighted by atomic mass is 32.2. The Morgan fingerprint density at radius 2 is 1.81 bits per heavy atom. The van der Waals surface area contributed by atoms with Gasteiger partial charge in [0.1, 0.15) is 23.2 Å². The Balaban J connectivity index is 1.52. The minimum atomic E-state index is -0.264. The Kier molecular flexibility index (Phi) is 6.82. The SMILES string of the molecule is O=C(NCCOc1ccccc1)c1cccnc1SCc1ccc(F)cc1. The van der Waals surface area contributed by atoms with Gasteiger partial charge in [0, 0.05) is 11.9 Å². The van der Waals surface area contributed by atoms with E-state index in [2.05, 4.69) is 10.3 Å². The average Bonchev–Trinajstić information content (AvgIpc) is 2.71. The average molecular weight is 382 g/mol. The quantitative estimate of drug-likeness (QED) is 0.466. The third-order valence-electron chi connectivity index (χ3n) is 3.70. The van der Waals surface area contributed by atoms with Crippen LogP contribution >= 0.6 is 11.8 Å². The maximum Gasteiger partial charge on any atom is 0.254 e. The van der Waals surface area contributed by atoms with E-state index in [0.29, 0.717) is 29.5 Å². The summed E-state index contributed by atoms with van der Waals surface area (Å²) in [5.74, 6) is 0.915. The monoisotopic (exact) mass is 382 g/mol. The zero-order chi connectivity index (χ0) is 18.9. The van der Waals surface area contributed by atoms with Gasteiger partial charge in [-0.3, -0.25) is 4.79 Å². The highest BCUT2D eigenvalue weighted by Crippen LogP contribution is 2.24. The number of halogens is 1. The van der Waals surface area contributed by atoms with Crippen molar-refractivity contribution in [2.24, 2.45) is 0 Å². The van der Waals surface area contributed by atoms with Crippen molar-refractivity contribution in [2.45, 2.75) is 10.8 Å². The second-order valence-corrected chi connectivity index (χ2v) is 6.65. The Morgan fingerprint density at radius 3 is 2.59 bits per heavy atom. The second-order valence-electron chi connectivity index (χ2n) is 5.69. The van der Waals surface area contributed by atoms with Gasteiger partial charge in [0.05, 0.1) is 12.1 Å². The first-order valence-corrected chi connectivity index (χ1v) is 9.49. The lowest BCUT2D eigenvalue weighted by Gasteiger charge is -2.10. The van der Waals surface area contributed by atoms with E-state index in [1.165, 1.54) is 23.9 Å². The number of carbonyl (C=O) groups is 1. The fourth-order valence-corrected chi connectivity index (χ4v) is 3.30. The van der Waals surface area contributed by atoms with E-state index in [4.69, 9.17) is 4.74 Å². The van der Waals surface area contributed by atoms with Crippen LogP contribution in [0.15, 0.2) is 78.0 Å². The molecule has 6 heteroatoms. The molecule has 1 heterocycles. The highest BCUT2D eigenvalue weighted by molar-refractivity contribution is 7.98. The zero-order valence-electron chi connectivity index (χ0n) is 14.6. The molecule has 27 heavy (non-hydrogen) atoms. The van der Waals surface area contributed by atoms with Crippen LogP contribution in [0.3, 0.4) is 0 Å². The van der Waals surface area contributed by atoms with E-state index in [9.17, 15) is 9.18 Å². The van der Waals surface area contributed by atoms with Crippen molar-refractivity contribution in [2.75, 3.05) is 13.2 Å². The highest BCUT2D eigenvalue weighted by Gasteiger charge is 2.12. The van der Waals surface area contributed by atoms with Crippen LogP contribution in [0.25, 0.3) is 0 Å². The first kappa shape index (κ1) is 18.9. The molecule has 3 aromatic rings. The number of benzene rings is 2. The standard InChI is InChI=1S/C21H19FN2O2S/c22-17-10-8-16(9-11-17)15-27-21-19(7-4-12-24-21)20(25)23-13-14-26-18-5-2-1-3-6-18/h1-12H,13-15H2,(H,23,25). The van der Waals surface area contributed by atoms with Crippen LogP contribution in [0.5, 0.6) is 5.75 Å². The molecule has 1 aromatic heterocycles. The molecule has 0 aliphatic carbocycles. The van der Waals surface area contributed by atoms with E-state index in [0.717, 1.165) is 11.3 Å². The number of amides is 1. The van der Waals surface area contributed by atoms with Gasteiger partial charge in [-0.15, -0.1) is 11.8 Å². The van der Waals surface area contributed by atoms with Crippen molar-refractivity contribution in [3.05, 3.63) is 89.9 Å². The van der Waals surface area contributed by atoms with Crippen LogP contribution in [0.1, 0.15) is 15.9 Å². The molecule has 1 amide bonds. The van der Waals surface area contributed by atoms with Crippen molar-refractivity contribution in [3.8, 4) is 5.75 Å². The number of nitrogens with one attached hydrogen (secondary N) is 1. The third-order valence-corrected chi connectivity index (χ3v) is 4.78. The molecule has 0 aliphatic heterocycles. The van der Waals surface area contributed by atoms with Crippen LogP contribution in [-0.2, 0) is 5.75 Å². The van der Waals surface area contributed by atoms with Crippen molar-refractivity contribution < 1.29 is 13.9 Å². The van der Waals surface area contributed by atoms with Crippen LogP contribution in [0.4, 0.5) is 4.39 Å². The van der Waals surface area contributed by atoms with E-state index < -0.39 is 0 Å². The molecule has 4 nitrogen and oxygen atoms in total. The molecule has 2 aromatic carbocycles. The number of carbonyl (C=O) groups excluding carboxylic acids is 1. The summed E-state index contributed by atoms with van der Waals surface area (Å²) in [6.45, 7) is 0.777. The largest absolute Gasteiger partial charge is 0.492 e. The van der Waals surface area contributed by atoms with Gasteiger partial charge >= 0.3 is 0 Å². The molecule has 0 saturated heterocycles. The van der Waals surface area contributed by atoms with E-state index in [1.807, 2.05) is 30.3 Å². The molecule has 0 atom stereocenters. The molecule has 138 valence electrons. The number of nitrogens with zero attached hydrogens (tertiary/aromatic N) is 1. The molecule has 0 bridgehead atoms. The predicted octanol–water partition coefficient (Wildman–Crippen LogP) is 4.32. The van der Waals surface area contributed by atoms with Crippen LogP contribution in [-0.4, -0.2) is 24.0 Å². The van der Waals surface area contributed by atoms with Crippen LogP contribution in [0, 0.1) is 5.82 Å². The molecule has 0 radical (unpaired) electrons. The van der Waals surface area contributed by atoms with Gasteiger partial charge in [-0.1, -0.05) is 30.3 Å². The third kappa shape index (κ3) is 5.82. The van der Waals surface area contributed by atoms with Crippen LogP contribution in [0.2, 0.25) is 0 Å². The Labute approximate surface area is 161 Å². The zero-order valence-corrected chi connectivity index (χ0v) is 15.4. The fourth-order valence-electron chi connectivity index (χ4n) is 2.36. The lowest BCUT2D eigenvalue weighted by Crippen LogP contribution is -2.28. The van der Waals surface area contributed by atoms with Gasteiger partial charge in [0.25, 0.3) is 5.91 Å². The van der Waals surface area contributed by atoms with Gasteiger partial charge in [-0.25, -0.2) is 9.37 Å². The number of para-hydroxylation sites is 1. The summed E-state index contributed by atoms with van der Waals surface area (Å²) in [6.07, 6.45) is 1.66. The van der Waals surface area contributed by atoms with E-state index in [-0.39, 0.29) is 11.7 Å². The number of aromatic nitrogens is 1. The predicted molar refractivity (Wildman–Crippen MR) is 104 cm³/mol. The Morgan fingerprint density at radius 1 is 1.04 bits per heavy atom. The lowest BCUT2D eigenvalue weighted by atomic mass is 10.2. The number of hydrogen-bond donors (Lipinski definition) is 1. The summed E-state index contributed by atoms with van der Waals surface area (Å²) in [4.78, 5) is 16.8. The number of hydrogen-bond acceptors (Lipinski definition) is 4. The van der Waals surface area contributed by atoms with Gasteiger partial charge in [0.15, 0.2) is 0 Å². The number of rotatable bonds is 8. The van der Waals surface area contributed by atoms with Crippen molar-refractivity contribution >= 4 is 17.7 Å². The Hall–Kier alpha value is -2.86. The summed E-state index contributed by atoms with van der Waals surface area (Å²) >= 11 is 1.44. The summed E-state index contributed by atoms with van der Waals surface area (Å²) in [5.41, 5.74) is 1.49.